The Labute approximate surface area is 127 Å². The number of carbonyl (C=O) groups excluding carboxylic acids is 1. The van der Waals surface area contributed by atoms with E-state index in [1.54, 1.807) is 7.05 Å². The van der Waals surface area contributed by atoms with Gasteiger partial charge in [0, 0.05) is 27.2 Å². The molecule has 5 heteroatoms. The molecule has 0 radical (unpaired) electrons. The number of aryl methyl sites for hydroxylation is 1. The van der Waals surface area contributed by atoms with E-state index in [-0.39, 0.29) is 12.5 Å². The van der Waals surface area contributed by atoms with E-state index in [0.717, 1.165) is 13.0 Å². The topological polar surface area (TPSA) is 56.7 Å². The summed E-state index contributed by atoms with van der Waals surface area (Å²) < 4.78 is 0. The maximum atomic E-state index is 11.6. The highest BCUT2D eigenvalue weighted by atomic mass is 16.1. The largest absolute Gasteiger partial charge is 0.355 e. The first-order valence-corrected chi connectivity index (χ1v) is 7.31. The predicted octanol–water partition coefficient (Wildman–Crippen LogP) is 1.53. The van der Waals surface area contributed by atoms with Crippen molar-refractivity contribution in [2.75, 3.05) is 27.2 Å². The molecule has 0 atom stereocenters. The fraction of sp³-hybridized carbons (Fsp3) is 0.500. The number of guanidine groups is 1. The molecule has 0 unspecified atom stereocenters. The molecule has 1 rings (SSSR count). The minimum absolute atomic E-state index is 0.0118. The third-order valence-corrected chi connectivity index (χ3v) is 3.22. The Morgan fingerprint density at radius 1 is 1.29 bits per heavy atom. The number of nitrogens with zero attached hydrogens (tertiary/aromatic N) is 2. The SMILES string of the molecule is CCCNC(=O)CNC(=NC)N(C)Cc1ccccc1C. The molecule has 0 aliphatic heterocycles. The van der Waals surface area contributed by atoms with Crippen LogP contribution >= 0.6 is 0 Å². The third-order valence-electron chi connectivity index (χ3n) is 3.22. The van der Waals surface area contributed by atoms with E-state index < -0.39 is 0 Å². The van der Waals surface area contributed by atoms with Crippen molar-refractivity contribution in [3.8, 4) is 0 Å². The fourth-order valence-corrected chi connectivity index (χ4v) is 1.99. The van der Waals surface area contributed by atoms with Crippen molar-refractivity contribution >= 4 is 11.9 Å². The molecule has 116 valence electrons. The quantitative estimate of drug-likeness (QED) is 0.617. The average molecular weight is 290 g/mol. The van der Waals surface area contributed by atoms with Crippen molar-refractivity contribution in [3.63, 3.8) is 0 Å². The molecule has 2 N–H and O–H groups in total. The van der Waals surface area contributed by atoms with Crippen LogP contribution in [0.25, 0.3) is 0 Å². The number of carbonyl (C=O) groups is 1. The molecule has 21 heavy (non-hydrogen) atoms. The Balaban J connectivity index is 2.52. The molecule has 1 amide bonds. The highest BCUT2D eigenvalue weighted by Crippen LogP contribution is 2.09. The first kappa shape index (κ1) is 17.0. The van der Waals surface area contributed by atoms with E-state index in [1.807, 2.05) is 31.0 Å². The number of nitrogens with one attached hydrogen (secondary N) is 2. The number of hydrogen-bond donors (Lipinski definition) is 2. The van der Waals surface area contributed by atoms with Gasteiger partial charge >= 0.3 is 0 Å². The van der Waals surface area contributed by atoms with Gasteiger partial charge < -0.3 is 15.5 Å². The lowest BCUT2D eigenvalue weighted by atomic mass is 10.1. The van der Waals surface area contributed by atoms with Gasteiger partial charge in [-0.3, -0.25) is 9.79 Å². The first-order valence-electron chi connectivity index (χ1n) is 7.31. The number of hydrogen-bond acceptors (Lipinski definition) is 2. The summed E-state index contributed by atoms with van der Waals surface area (Å²) >= 11 is 0. The van der Waals surface area contributed by atoms with Crippen LogP contribution in [0, 0.1) is 6.92 Å². The zero-order valence-electron chi connectivity index (χ0n) is 13.4. The van der Waals surface area contributed by atoms with E-state index in [0.29, 0.717) is 12.5 Å². The molecule has 0 saturated carbocycles. The van der Waals surface area contributed by atoms with Crippen LogP contribution < -0.4 is 10.6 Å². The van der Waals surface area contributed by atoms with Crippen molar-refractivity contribution in [1.29, 1.82) is 0 Å². The average Bonchev–Trinajstić information content (AvgIpc) is 2.48. The van der Waals surface area contributed by atoms with Crippen molar-refractivity contribution in [1.82, 2.24) is 15.5 Å². The fourth-order valence-electron chi connectivity index (χ4n) is 1.99. The molecule has 0 heterocycles. The molecule has 0 spiro atoms. The standard InChI is InChI=1S/C16H26N4O/c1-5-10-18-15(21)11-19-16(17-3)20(4)12-14-9-7-6-8-13(14)2/h6-9H,5,10-12H2,1-4H3,(H,17,19)(H,18,21). The van der Waals surface area contributed by atoms with Crippen molar-refractivity contribution < 1.29 is 4.79 Å². The zero-order chi connectivity index (χ0) is 15.7. The molecular weight excluding hydrogens is 264 g/mol. The minimum Gasteiger partial charge on any atom is -0.355 e. The number of aliphatic imine (C=N–C) groups is 1. The summed E-state index contributed by atoms with van der Waals surface area (Å²) in [6.45, 7) is 5.83. The monoisotopic (exact) mass is 290 g/mol. The van der Waals surface area contributed by atoms with Gasteiger partial charge in [0.1, 0.15) is 0 Å². The number of rotatable bonds is 6. The second kappa shape index (κ2) is 9.00. The summed E-state index contributed by atoms with van der Waals surface area (Å²) in [4.78, 5) is 17.8. The van der Waals surface area contributed by atoms with Crippen molar-refractivity contribution in [3.05, 3.63) is 35.4 Å². The summed E-state index contributed by atoms with van der Waals surface area (Å²) in [5.74, 6) is 0.701. The molecule has 0 aromatic heterocycles. The van der Waals surface area contributed by atoms with Crippen molar-refractivity contribution in [2.45, 2.75) is 26.8 Å². The number of amides is 1. The lowest BCUT2D eigenvalue weighted by molar-refractivity contribution is -0.120. The van der Waals surface area contributed by atoms with Gasteiger partial charge in [0.15, 0.2) is 5.96 Å². The highest BCUT2D eigenvalue weighted by Gasteiger charge is 2.09. The van der Waals surface area contributed by atoms with Gasteiger partial charge in [0.05, 0.1) is 6.54 Å². The maximum absolute atomic E-state index is 11.6. The molecule has 1 aromatic rings. The van der Waals surface area contributed by atoms with Gasteiger partial charge in [0.2, 0.25) is 5.91 Å². The Morgan fingerprint density at radius 3 is 2.62 bits per heavy atom. The van der Waals surface area contributed by atoms with Crippen LogP contribution in [-0.4, -0.2) is 44.0 Å². The Hall–Kier alpha value is -2.04. The highest BCUT2D eigenvalue weighted by molar-refractivity contribution is 5.86. The van der Waals surface area contributed by atoms with E-state index in [2.05, 4.69) is 34.7 Å². The second-order valence-electron chi connectivity index (χ2n) is 5.03. The summed E-state index contributed by atoms with van der Waals surface area (Å²) in [7, 11) is 3.69. The van der Waals surface area contributed by atoms with Crippen LogP contribution in [0.5, 0.6) is 0 Å². The summed E-state index contributed by atoms with van der Waals surface area (Å²) in [6.07, 6.45) is 0.938. The van der Waals surface area contributed by atoms with Gasteiger partial charge in [-0.15, -0.1) is 0 Å². The van der Waals surface area contributed by atoms with Crippen molar-refractivity contribution in [2.24, 2.45) is 4.99 Å². The normalized spacial score (nSPS) is 11.1. The molecule has 0 aliphatic carbocycles. The summed E-state index contributed by atoms with van der Waals surface area (Å²) in [5.41, 5.74) is 2.50. The number of benzene rings is 1. The first-order chi connectivity index (χ1) is 10.1. The van der Waals surface area contributed by atoms with Gasteiger partial charge in [0.25, 0.3) is 0 Å². The van der Waals surface area contributed by atoms with Crippen LogP contribution in [0.15, 0.2) is 29.3 Å². The van der Waals surface area contributed by atoms with Gasteiger partial charge in [-0.05, 0) is 24.5 Å². The summed E-state index contributed by atoms with van der Waals surface area (Å²) in [6, 6.07) is 8.26. The summed E-state index contributed by atoms with van der Waals surface area (Å²) in [5, 5.41) is 5.92. The molecule has 1 aromatic carbocycles. The van der Waals surface area contributed by atoms with Crippen LogP contribution in [0.4, 0.5) is 0 Å². The molecule has 5 nitrogen and oxygen atoms in total. The van der Waals surface area contributed by atoms with E-state index in [4.69, 9.17) is 0 Å². The minimum atomic E-state index is -0.0118. The maximum Gasteiger partial charge on any atom is 0.239 e. The van der Waals surface area contributed by atoms with E-state index >= 15 is 0 Å². The van der Waals surface area contributed by atoms with Crippen LogP contribution in [0.1, 0.15) is 24.5 Å². The molecule has 0 bridgehead atoms. The van der Waals surface area contributed by atoms with Crippen LogP contribution in [0.2, 0.25) is 0 Å². The second-order valence-corrected chi connectivity index (χ2v) is 5.03. The zero-order valence-corrected chi connectivity index (χ0v) is 13.4. The van der Waals surface area contributed by atoms with E-state index in [1.165, 1.54) is 11.1 Å². The van der Waals surface area contributed by atoms with E-state index in [9.17, 15) is 4.79 Å². The predicted molar refractivity (Wildman–Crippen MR) is 87.3 cm³/mol. The van der Waals surface area contributed by atoms with Crippen LogP contribution in [-0.2, 0) is 11.3 Å². The van der Waals surface area contributed by atoms with Gasteiger partial charge in [-0.2, -0.15) is 0 Å². The molecule has 0 aliphatic rings. The molecular formula is C16H26N4O. The molecule has 0 fully saturated rings. The lowest BCUT2D eigenvalue weighted by Gasteiger charge is -2.22. The van der Waals surface area contributed by atoms with Crippen LogP contribution in [0.3, 0.4) is 0 Å². The third kappa shape index (κ3) is 5.85. The Kier molecular flexibility index (Phi) is 7.29. The Bertz CT molecular complexity index is 485. The smallest absolute Gasteiger partial charge is 0.239 e. The molecule has 0 saturated heterocycles. The Morgan fingerprint density at radius 2 is 2.00 bits per heavy atom. The van der Waals surface area contributed by atoms with Gasteiger partial charge in [-0.1, -0.05) is 31.2 Å². The lowest BCUT2D eigenvalue weighted by Crippen LogP contribution is -2.43. The van der Waals surface area contributed by atoms with Gasteiger partial charge in [-0.25, -0.2) is 0 Å².